The van der Waals surface area contributed by atoms with Gasteiger partial charge >= 0.3 is 6.09 Å². The first-order chi connectivity index (χ1) is 7.78. The number of hydrogen-bond donors (Lipinski definition) is 1. The van der Waals surface area contributed by atoms with Crippen LogP contribution in [0.15, 0.2) is 22.8 Å². The number of hydrogen-bond acceptors (Lipinski definition) is 3. The summed E-state index contributed by atoms with van der Waals surface area (Å²) in [6, 6.07) is 3.56. The molecule has 0 aliphatic rings. The van der Waals surface area contributed by atoms with E-state index in [4.69, 9.17) is 4.74 Å². The lowest BCUT2D eigenvalue weighted by molar-refractivity contribution is 0.0507. The van der Waals surface area contributed by atoms with E-state index in [0.29, 0.717) is 0 Å². The van der Waals surface area contributed by atoms with E-state index < -0.39 is 11.7 Å². The van der Waals surface area contributed by atoms with Crippen LogP contribution in [0.1, 0.15) is 39.4 Å². The van der Waals surface area contributed by atoms with Gasteiger partial charge in [0, 0.05) is 10.7 Å². The number of carbonyl (C=O) groups is 1. The largest absolute Gasteiger partial charge is 0.444 e. The lowest BCUT2D eigenvalue weighted by Gasteiger charge is -2.21. The van der Waals surface area contributed by atoms with E-state index in [2.05, 4.69) is 26.2 Å². The first kappa shape index (κ1) is 14.0. The summed E-state index contributed by atoms with van der Waals surface area (Å²) < 4.78 is 6.07. The summed E-state index contributed by atoms with van der Waals surface area (Å²) >= 11 is 3.31. The van der Waals surface area contributed by atoms with Gasteiger partial charge in [-0.25, -0.2) is 4.79 Å². The fraction of sp³-hybridized carbons (Fsp3) is 0.500. The summed E-state index contributed by atoms with van der Waals surface area (Å²) in [5.74, 6) is 0. The molecule has 0 fully saturated rings. The molecule has 1 amide bonds. The van der Waals surface area contributed by atoms with Gasteiger partial charge in [-0.3, -0.25) is 4.98 Å². The van der Waals surface area contributed by atoms with Crippen molar-refractivity contribution in [1.29, 1.82) is 0 Å². The van der Waals surface area contributed by atoms with Crippen LogP contribution in [-0.4, -0.2) is 16.7 Å². The first-order valence-corrected chi connectivity index (χ1v) is 6.18. The average molecular weight is 301 g/mol. The third-order valence-electron chi connectivity index (χ3n) is 1.93. The van der Waals surface area contributed by atoms with Crippen LogP contribution in [0.3, 0.4) is 0 Å². The Morgan fingerprint density at radius 1 is 1.47 bits per heavy atom. The molecule has 1 aromatic rings. The molecule has 1 aromatic heterocycles. The molecule has 0 aliphatic carbocycles. The smallest absolute Gasteiger partial charge is 0.408 e. The zero-order chi connectivity index (χ0) is 13.1. The van der Waals surface area contributed by atoms with Crippen molar-refractivity contribution >= 4 is 22.0 Å². The summed E-state index contributed by atoms with van der Waals surface area (Å²) in [6.07, 6.45) is 1.26. The summed E-state index contributed by atoms with van der Waals surface area (Å²) in [6.45, 7) is 7.35. The van der Waals surface area contributed by atoms with Crippen LogP contribution < -0.4 is 5.32 Å². The molecule has 0 radical (unpaired) electrons. The molecular weight excluding hydrogens is 284 g/mol. The predicted molar refractivity (Wildman–Crippen MR) is 69.7 cm³/mol. The number of amides is 1. The summed E-state index contributed by atoms with van der Waals surface area (Å²) in [4.78, 5) is 15.7. The number of alkyl carbamates (subject to hydrolysis) is 1. The van der Waals surface area contributed by atoms with Crippen LogP contribution in [-0.2, 0) is 4.74 Å². The van der Waals surface area contributed by atoms with Gasteiger partial charge in [-0.05, 0) is 55.8 Å². The van der Waals surface area contributed by atoms with Crippen molar-refractivity contribution in [2.24, 2.45) is 0 Å². The van der Waals surface area contributed by atoms with Crippen molar-refractivity contribution in [3.05, 3.63) is 28.5 Å². The maximum Gasteiger partial charge on any atom is 0.408 e. The van der Waals surface area contributed by atoms with Crippen LogP contribution in [0.2, 0.25) is 0 Å². The van der Waals surface area contributed by atoms with Crippen molar-refractivity contribution in [2.75, 3.05) is 0 Å². The molecule has 0 saturated heterocycles. The van der Waals surface area contributed by atoms with Crippen molar-refractivity contribution in [3.8, 4) is 0 Å². The molecular formula is C12H17BrN2O2. The lowest BCUT2D eigenvalue weighted by Crippen LogP contribution is -2.34. The Kier molecular flexibility index (Phi) is 4.51. The first-order valence-electron chi connectivity index (χ1n) is 5.39. The van der Waals surface area contributed by atoms with Gasteiger partial charge in [0.15, 0.2) is 0 Å². The van der Waals surface area contributed by atoms with Crippen LogP contribution >= 0.6 is 15.9 Å². The van der Waals surface area contributed by atoms with Gasteiger partial charge in [-0.15, -0.1) is 0 Å². The fourth-order valence-electron chi connectivity index (χ4n) is 1.20. The van der Waals surface area contributed by atoms with E-state index in [0.717, 1.165) is 10.2 Å². The molecule has 0 aromatic carbocycles. The van der Waals surface area contributed by atoms with Gasteiger partial charge in [0.2, 0.25) is 0 Å². The van der Waals surface area contributed by atoms with E-state index >= 15 is 0 Å². The zero-order valence-electron chi connectivity index (χ0n) is 10.5. The highest BCUT2D eigenvalue weighted by molar-refractivity contribution is 9.10. The highest BCUT2D eigenvalue weighted by Crippen LogP contribution is 2.14. The minimum absolute atomic E-state index is 0.182. The molecule has 94 valence electrons. The van der Waals surface area contributed by atoms with Crippen molar-refractivity contribution in [2.45, 2.75) is 39.3 Å². The van der Waals surface area contributed by atoms with E-state index in [1.807, 2.05) is 39.8 Å². The third kappa shape index (κ3) is 5.17. The Hall–Kier alpha value is -1.10. The maximum atomic E-state index is 11.5. The van der Waals surface area contributed by atoms with Gasteiger partial charge in [-0.1, -0.05) is 0 Å². The van der Waals surface area contributed by atoms with Gasteiger partial charge in [0.1, 0.15) is 5.60 Å². The van der Waals surface area contributed by atoms with Gasteiger partial charge in [0.25, 0.3) is 0 Å². The molecule has 17 heavy (non-hydrogen) atoms. The number of carbonyl (C=O) groups excluding carboxylic acids is 1. The number of nitrogens with one attached hydrogen (secondary N) is 1. The topological polar surface area (TPSA) is 51.2 Å². The van der Waals surface area contributed by atoms with E-state index in [1.165, 1.54) is 0 Å². The second-order valence-electron chi connectivity index (χ2n) is 4.77. The number of ether oxygens (including phenoxy) is 1. The van der Waals surface area contributed by atoms with Crippen LogP contribution in [0.4, 0.5) is 4.79 Å². The molecule has 0 spiro atoms. The summed E-state index contributed by atoms with van der Waals surface area (Å²) in [7, 11) is 0. The molecule has 1 N–H and O–H groups in total. The minimum Gasteiger partial charge on any atom is -0.444 e. The second kappa shape index (κ2) is 5.49. The number of rotatable bonds is 2. The normalized spacial score (nSPS) is 13.0. The molecule has 0 bridgehead atoms. The highest BCUT2D eigenvalue weighted by atomic mass is 79.9. The summed E-state index contributed by atoms with van der Waals surface area (Å²) in [5, 5.41) is 2.73. The third-order valence-corrected chi connectivity index (χ3v) is 2.40. The van der Waals surface area contributed by atoms with E-state index in [9.17, 15) is 4.79 Å². The number of nitrogens with zero attached hydrogens (tertiary/aromatic N) is 1. The minimum atomic E-state index is -0.489. The molecule has 4 nitrogen and oxygen atoms in total. The average Bonchev–Trinajstić information content (AvgIpc) is 2.15. The number of aromatic nitrogens is 1. The van der Waals surface area contributed by atoms with E-state index in [-0.39, 0.29) is 6.04 Å². The Morgan fingerprint density at radius 2 is 2.12 bits per heavy atom. The Labute approximate surface area is 110 Å². The monoisotopic (exact) mass is 300 g/mol. The Morgan fingerprint density at radius 3 is 2.59 bits per heavy atom. The molecule has 0 saturated carbocycles. The van der Waals surface area contributed by atoms with Crippen molar-refractivity contribution in [3.63, 3.8) is 0 Å². The maximum absolute atomic E-state index is 11.5. The van der Waals surface area contributed by atoms with Crippen LogP contribution in [0.5, 0.6) is 0 Å². The predicted octanol–water partition coefficient (Wildman–Crippen LogP) is 3.43. The molecule has 0 aliphatic heterocycles. The molecule has 1 atom stereocenters. The number of pyridine rings is 1. The van der Waals surface area contributed by atoms with Gasteiger partial charge < -0.3 is 10.1 Å². The standard InChI is InChI=1S/C12H17BrN2O2/c1-8(10-6-5-9(13)7-14-10)15-11(16)17-12(2,3)4/h5-8H,1-4H3,(H,15,16)/t8-/m1/s1. The Balaban J connectivity index is 2.57. The van der Waals surface area contributed by atoms with Crippen molar-refractivity contribution < 1.29 is 9.53 Å². The Bertz CT molecular complexity index is 384. The summed E-state index contributed by atoms with van der Waals surface area (Å²) in [5.41, 5.74) is 0.302. The van der Waals surface area contributed by atoms with Crippen LogP contribution in [0.25, 0.3) is 0 Å². The molecule has 1 heterocycles. The zero-order valence-corrected chi connectivity index (χ0v) is 12.0. The number of halogens is 1. The van der Waals surface area contributed by atoms with Gasteiger partial charge in [0.05, 0.1) is 11.7 Å². The fourth-order valence-corrected chi connectivity index (χ4v) is 1.44. The molecule has 0 unspecified atom stereocenters. The van der Waals surface area contributed by atoms with Crippen molar-refractivity contribution in [1.82, 2.24) is 10.3 Å². The van der Waals surface area contributed by atoms with Gasteiger partial charge in [-0.2, -0.15) is 0 Å². The molecule has 5 heteroatoms. The lowest BCUT2D eigenvalue weighted by atomic mass is 10.2. The highest BCUT2D eigenvalue weighted by Gasteiger charge is 2.18. The SMILES string of the molecule is C[C@@H](NC(=O)OC(C)(C)C)c1ccc(Br)cn1. The second-order valence-corrected chi connectivity index (χ2v) is 5.68. The van der Waals surface area contributed by atoms with E-state index in [1.54, 1.807) is 6.20 Å². The molecule has 1 rings (SSSR count). The van der Waals surface area contributed by atoms with Crippen LogP contribution in [0, 0.1) is 0 Å². The quantitative estimate of drug-likeness (QED) is 0.910.